The van der Waals surface area contributed by atoms with E-state index in [0.717, 1.165) is 12.8 Å². The molecule has 4 aliphatic rings. The summed E-state index contributed by atoms with van der Waals surface area (Å²) in [6.45, 7) is 2.02. The molecule has 1 saturated heterocycles. The molecule has 124 valence electrons. The van der Waals surface area contributed by atoms with Gasteiger partial charge in [0.05, 0.1) is 29.7 Å². The van der Waals surface area contributed by atoms with Gasteiger partial charge in [-0.25, -0.2) is 9.69 Å². The molecule has 0 N–H and O–H groups in total. The van der Waals surface area contributed by atoms with E-state index >= 15 is 0 Å². The van der Waals surface area contributed by atoms with Crippen LogP contribution in [-0.2, 0) is 14.3 Å². The second kappa shape index (κ2) is 5.58. The van der Waals surface area contributed by atoms with Crippen molar-refractivity contribution in [1.29, 1.82) is 0 Å². The van der Waals surface area contributed by atoms with E-state index in [9.17, 15) is 14.4 Å². The van der Waals surface area contributed by atoms with Gasteiger partial charge in [-0.1, -0.05) is 18.2 Å². The number of carbonyl (C=O) groups is 3. The monoisotopic (exact) mass is 325 g/mol. The van der Waals surface area contributed by atoms with Crippen molar-refractivity contribution in [3.63, 3.8) is 0 Å². The van der Waals surface area contributed by atoms with E-state index in [-0.39, 0.29) is 42.1 Å². The SMILES string of the molecule is CCOC(=O)c1cccc(N2C(=O)[C@@H]3[C@@H](C2=O)[C@H]2C=C[C@@H]3CC2)c1. The Morgan fingerprint density at radius 2 is 1.75 bits per heavy atom. The molecule has 0 aromatic heterocycles. The molecular weight excluding hydrogens is 306 g/mol. The summed E-state index contributed by atoms with van der Waals surface area (Å²) in [4.78, 5) is 39.0. The van der Waals surface area contributed by atoms with Crippen LogP contribution in [0.5, 0.6) is 0 Å². The first-order chi connectivity index (χ1) is 11.6. The van der Waals surface area contributed by atoms with Gasteiger partial charge in [0.15, 0.2) is 0 Å². The molecule has 5 nitrogen and oxygen atoms in total. The number of carbonyl (C=O) groups excluding carboxylic acids is 3. The fourth-order valence-electron chi connectivity index (χ4n) is 4.32. The minimum absolute atomic E-state index is 0.134. The average Bonchev–Trinajstić information content (AvgIpc) is 2.89. The lowest BCUT2D eigenvalue weighted by atomic mass is 9.63. The van der Waals surface area contributed by atoms with Gasteiger partial charge in [0.1, 0.15) is 0 Å². The number of anilines is 1. The molecular formula is C19H19NO4. The summed E-state index contributed by atoms with van der Waals surface area (Å²) in [5.41, 5.74) is 0.815. The maximum absolute atomic E-state index is 12.9. The van der Waals surface area contributed by atoms with Crippen LogP contribution < -0.4 is 4.90 Å². The average molecular weight is 325 g/mol. The summed E-state index contributed by atoms with van der Waals surface area (Å²) >= 11 is 0. The predicted molar refractivity (Wildman–Crippen MR) is 87.2 cm³/mol. The maximum atomic E-state index is 12.9. The third-order valence-corrected chi connectivity index (χ3v) is 5.37. The van der Waals surface area contributed by atoms with Crippen molar-refractivity contribution < 1.29 is 19.1 Å². The van der Waals surface area contributed by atoms with Crippen LogP contribution >= 0.6 is 0 Å². The molecule has 2 bridgehead atoms. The molecule has 5 rings (SSSR count). The predicted octanol–water partition coefficient (Wildman–Crippen LogP) is 2.56. The Balaban J connectivity index is 1.68. The molecule has 1 aromatic rings. The molecule has 0 unspecified atom stereocenters. The first kappa shape index (κ1) is 15.1. The normalized spacial score (nSPS) is 30.6. The molecule has 0 radical (unpaired) electrons. The first-order valence-corrected chi connectivity index (χ1v) is 8.45. The molecule has 1 aliphatic heterocycles. The van der Waals surface area contributed by atoms with Gasteiger partial charge in [-0.3, -0.25) is 9.59 Å². The van der Waals surface area contributed by atoms with Gasteiger partial charge in [-0.15, -0.1) is 0 Å². The number of allylic oxidation sites excluding steroid dienone is 2. The van der Waals surface area contributed by atoms with Crippen molar-refractivity contribution in [3.8, 4) is 0 Å². The number of nitrogens with zero attached hydrogens (tertiary/aromatic N) is 1. The highest BCUT2D eigenvalue weighted by molar-refractivity contribution is 6.22. The highest BCUT2D eigenvalue weighted by Crippen LogP contribution is 2.50. The van der Waals surface area contributed by atoms with Gasteiger partial charge >= 0.3 is 5.97 Å². The zero-order valence-electron chi connectivity index (χ0n) is 13.5. The van der Waals surface area contributed by atoms with E-state index in [1.165, 1.54) is 4.90 Å². The van der Waals surface area contributed by atoms with Crippen LogP contribution in [0.4, 0.5) is 5.69 Å². The lowest BCUT2D eigenvalue weighted by Crippen LogP contribution is -2.38. The summed E-state index contributed by atoms with van der Waals surface area (Å²) in [5, 5.41) is 0. The van der Waals surface area contributed by atoms with Crippen molar-refractivity contribution >= 4 is 23.5 Å². The topological polar surface area (TPSA) is 63.7 Å². The van der Waals surface area contributed by atoms with Crippen molar-refractivity contribution in [1.82, 2.24) is 0 Å². The third kappa shape index (κ3) is 2.11. The number of imide groups is 1. The Labute approximate surface area is 140 Å². The fourth-order valence-corrected chi connectivity index (χ4v) is 4.32. The minimum atomic E-state index is -0.447. The van der Waals surface area contributed by atoms with E-state index in [2.05, 4.69) is 12.2 Å². The Kier molecular flexibility index (Phi) is 3.52. The van der Waals surface area contributed by atoms with Gasteiger partial charge in [0, 0.05) is 0 Å². The van der Waals surface area contributed by atoms with E-state index in [1.54, 1.807) is 31.2 Å². The van der Waals surface area contributed by atoms with Crippen molar-refractivity contribution in [2.75, 3.05) is 11.5 Å². The zero-order chi connectivity index (χ0) is 16.8. The standard InChI is InChI=1S/C19H19NO4/c1-2-24-19(23)13-4-3-5-14(10-13)20-17(21)15-11-6-7-12(9-8-11)16(15)18(20)22/h3-7,10-12,15-16H,2,8-9H2,1H3/t11-,12+,15-,16-/m0/s1. The molecule has 24 heavy (non-hydrogen) atoms. The quantitative estimate of drug-likeness (QED) is 0.487. The maximum Gasteiger partial charge on any atom is 0.338 e. The number of benzene rings is 1. The lowest BCUT2D eigenvalue weighted by Gasteiger charge is -2.38. The fraction of sp³-hybridized carbons (Fsp3) is 0.421. The Hall–Kier alpha value is -2.43. The molecule has 1 aromatic carbocycles. The summed E-state index contributed by atoms with van der Waals surface area (Å²) in [6, 6.07) is 6.58. The molecule has 2 amide bonds. The van der Waals surface area contributed by atoms with E-state index < -0.39 is 5.97 Å². The number of ether oxygens (including phenoxy) is 1. The van der Waals surface area contributed by atoms with Crippen molar-refractivity contribution in [2.24, 2.45) is 23.7 Å². The number of hydrogen-bond donors (Lipinski definition) is 0. The van der Waals surface area contributed by atoms with Gasteiger partial charge in [-0.05, 0) is 49.8 Å². The van der Waals surface area contributed by atoms with Crippen LogP contribution in [0, 0.1) is 23.7 Å². The highest BCUT2D eigenvalue weighted by Gasteiger charge is 2.56. The molecule has 1 saturated carbocycles. The van der Waals surface area contributed by atoms with Crippen LogP contribution in [0.25, 0.3) is 0 Å². The summed E-state index contributed by atoms with van der Waals surface area (Å²) < 4.78 is 5.00. The first-order valence-electron chi connectivity index (χ1n) is 8.45. The van der Waals surface area contributed by atoms with Gasteiger partial charge in [0.25, 0.3) is 0 Å². The van der Waals surface area contributed by atoms with E-state index in [1.807, 2.05) is 0 Å². The van der Waals surface area contributed by atoms with Crippen molar-refractivity contribution in [3.05, 3.63) is 42.0 Å². The van der Waals surface area contributed by atoms with E-state index in [4.69, 9.17) is 4.74 Å². The molecule has 5 heteroatoms. The number of esters is 1. The van der Waals surface area contributed by atoms with Crippen LogP contribution in [0.2, 0.25) is 0 Å². The lowest BCUT2D eigenvalue weighted by molar-refractivity contribution is -0.124. The Morgan fingerprint density at radius 1 is 1.12 bits per heavy atom. The molecule has 0 spiro atoms. The smallest absolute Gasteiger partial charge is 0.338 e. The summed E-state index contributed by atoms with van der Waals surface area (Å²) in [6.07, 6.45) is 6.13. The summed E-state index contributed by atoms with van der Waals surface area (Å²) in [7, 11) is 0. The third-order valence-electron chi connectivity index (χ3n) is 5.37. The number of amides is 2. The van der Waals surface area contributed by atoms with Crippen LogP contribution in [0.15, 0.2) is 36.4 Å². The minimum Gasteiger partial charge on any atom is -0.462 e. The highest BCUT2D eigenvalue weighted by atomic mass is 16.5. The van der Waals surface area contributed by atoms with Gasteiger partial charge < -0.3 is 4.74 Å². The summed E-state index contributed by atoms with van der Waals surface area (Å²) in [5.74, 6) is -0.878. The molecule has 1 heterocycles. The number of rotatable bonds is 3. The van der Waals surface area contributed by atoms with Crippen LogP contribution in [-0.4, -0.2) is 24.4 Å². The molecule has 3 aliphatic carbocycles. The Bertz CT molecular complexity index is 721. The van der Waals surface area contributed by atoms with Gasteiger partial charge in [-0.2, -0.15) is 0 Å². The van der Waals surface area contributed by atoms with Crippen LogP contribution in [0.1, 0.15) is 30.1 Å². The Morgan fingerprint density at radius 3 is 2.29 bits per heavy atom. The molecule has 4 atom stereocenters. The number of fused-ring (bicyclic) bond motifs is 1. The second-order valence-electron chi connectivity index (χ2n) is 6.62. The second-order valence-corrected chi connectivity index (χ2v) is 6.62. The van der Waals surface area contributed by atoms with Crippen molar-refractivity contribution in [2.45, 2.75) is 19.8 Å². The largest absolute Gasteiger partial charge is 0.462 e. The van der Waals surface area contributed by atoms with Gasteiger partial charge in [0.2, 0.25) is 11.8 Å². The number of hydrogen-bond acceptors (Lipinski definition) is 4. The zero-order valence-corrected chi connectivity index (χ0v) is 13.5. The van der Waals surface area contributed by atoms with Crippen LogP contribution in [0.3, 0.4) is 0 Å². The molecule has 2 fully saturated rings. The van der Waals surface area contributed by atoms with E-state index in [0.29, 0.717) is 11.3 Å².